The molecule has 1 aromatic heterocycles. The van der Waals surface area contributed by atoms with E-state index in [0.29, 0.717) is 24.5 Å². The number of benzene rings is 1. The number of rotatable bonds is 4. The molecule has 0 spiro atoms. The number of imidazole rings is 1. The van der Waals surface area contributed by atoms with Crippen molar-refractivity contribution in [2.24, 2.45) is 0 Å². The molecule has 0 bridgehead atoms. The van der Waals surface area contributed by atoms with E-state index in [1.807, 2.05) is 12.1 Å². The first kappa shape index (κ1) is 16.8. The lowest BCUT2D eigenvalue weighted by Gasteiger charge is -2.39. The highest BCUT2D eigenvalue weighted by Gasteiger charge is 2.35. The van der Waals surface area contributed by atoms with Crippen molar-refractivity contribution >= 4 is 10.0 Å². The van der Waals surface area contributed by atoms with Crippen LogP contribution in [-0.4, -0.2) is 53.8 Å². The standard InChI is InChI=1S/C18H24N4O2S/c1-2-21-10-11-22(13-17(21)18-19-8-9-20-18)25(23,24)16-7-6-14-4-3-5-15(14)12-16/h6-9,12,17H,2-5,10-11,13H2,1H3,(H,19,20)/t17-/m0/s1. The van der Waals surface area contributed by atoms with E-state index in [-0.39, 0.29) is 6.04 Å². The molecule has 0 saturated carbocycles. The van der Waals surface area contributed by atoms with E-state index in [0.717, 1.165) is 31.6 Å². The van der Waals surface area contributed by atoms with Gasteiger partial charge >= 0.3 is 0 Å². The average molecular weight is 360 g/mol. The highest BCUT2D eigenvalue weighted by molar-refractivity contribution is 7.89. The zero-order valence-electron chi connectivity index (χ0n) is 14.5. The first-order valence-corrected chi connectivity index (χ1v) is 10.4. The van der Waals surface area contributed by atoms with Gasteiger partial charge in [0.25, 0.3) is 0 Å². The van der Waals surface area contributed by atoms with Crippen molar-refractivity contribution in [2.45, 2.75) is 37.1 Å². The third-order valence-electron chi connectivity index (χ3n) is 5.40. The first-order chi connectivity index (χ1) is 12.1. The Labute approximate surface area is 148 Å². The van der Waals surface area contributed by atoms with Crippen LogP contribution in [0.25, 0.3) is 0 Å². The number of nitrogens with one attached hydrogen (secondary N) is 1. The first-order valence-electron chi connectivity index (χ1n) is 8.95. The highest BCUT2D eigenvalue weighted by atomic mass is 32.2. The summed E-state index contributed by atoms with van der Waals surface area (Å²) in [7, 11) is -3.47. The molecule has 1 N–H and O–H groups in total. The average Bonchev–Trinajstić information content (AvgIpc) is 3.31. The van der Waals surface area contributed by atoms with Crippen LogP contribution in [0.5, 0.6) is 0 Å². The third kappa shape index (κ3) is 3.01. The van der Waals surface area contributed by atoms with Crippen LogP contribution < -0.4 is 0 Å². The SMILES string of the molecule is CCN1CCN(S(=O)(=O)c2ccc3c(c2)CCC3)C[C@H]1c1ncc[nH]1. The molecule has 7 heteroatoms. The Morgan fingerprint density at radius 3 is 2.84 bits per heavy atom. The molecular weight excluding hydrogens is 336 g/mol. The number of aryl methyl sites for hydroxylation is 2. The molecule has 1 atom stereocenters. The Morgan fingerprint density at radius 1 is 1.24 bits per heavy atom. The summed E-state index contributed by atoms with van der Waals surface area (Å²) in [6.45, 7) is 4.63. The number of hydrogen-bond donors (Lipinski definition) is 1. The number of aromatic amines is 1. The molecule has 2 heterocycles. The van der Waals surface area contributed by atoms with Crippen LogP contribution in [0.3, 0.4) is 0 Å². The molecule has 0 amide bonds. The van der Waals surface area contributed by atoms with Gasteiger partial charge in [-0.3, -0.25) is 4.90 Å². The van der Waals surface area contributed by atoms with Crippen LogP contribution in [0.1, 0.15) is 36.3 Å². The lowest BCUT2D eigenvalue weighted by Crippen LogP contribution is -2.50. The molecule has 1 aliphatic heterocycles. The van der Waals surface area contributed by atoms with Crippen molar-refractivity contribution in [3.05, 3.63) is 47.5 Å². The lowest BCUT2D eigenvalue weighted by molar-refractivity contribution is 0.119. The zero-order valence-corrected chi connectivity index (χ0v) is 15.3. The van der Waals surface area contributed by atoms with Crippen molar-refractivity contribution in [3.63, 3.8) is 0 Å². The second-order valence-corrected chi connectivity index (χ2v) is 8.70. The van der Waals surface area contributed by atoms with Crippen LogP contribution in [0.4, 0.5) is 0 Å². The van der Waals surface area contributed by atoms with E-state index in [9.17, 15) is 8.42 Å². The number of nitrogens with zero attached hydrogens (tertiary/aromatic N) is 3. The molecule has 1 fully saturated rings. The minimum Gasteiger partial charge on any atom is -0.347 e. The molecule has 134 valence electrons. The number of likely N-dealkylation sites (N-methyl/N-ethyl adjacent to an activating group) is 1. The van der Waals surface area contributed by atoms with Gasteiger partial charge in [0.05, 0.1) is 10.9 Å². The van der Waals surface area contributed by atoms with E-state index in [4.69, 9.17) is 0 Å². The second-order valence-electron chi connectivity index (χ2n) is 6.77. The minimum atomic E-state index is -3.47. The maximum atomic E-state index is 13.2. The molecule has 6 nitrogen and oxygen atoms in total. The summed E-state index contributed by atoms with van der Waals surface area (Å²) in [4.78, 5) is 10.2. The quantitative estimate of drug-likeness (QED) is 0.905. The van der Waals surface area contributed by atoms with Gasteiger partial charge in [-0.1, -0.05) is 13.0 Å². The van der Waals surface area contributed by atoms with E-state index in [2.05, 4.69) is 21.8 Å². The van der Waals surface area contributed by atoms with Gasteiger partial charge in [-0.25, -0.2) is 13.4 Å². The number of fused-ring (bicyclic) bond motifs is 1. The summed E-state index contributed by atoms with van der Waals surface area (Å²) < 4.78 is 28.0. The Hall–Kier alpha value is -1.70. The number of hydrogen-bond acceptors (Lipinski definition) is 4. The van der Waals surface area contributed by atoms with E-state index in [1.54, 1.807) is 22.8 Å². The molecule has 1 aliphatic carbocycles. The van der Waals surface area contributed by atoms with Crippen molar-refractivity contribution in [2.75, 3.05) is 26.2 Å². The van der Waals surface area contributed by atoms with Gasteiger partial charge in [-0.15, -0.1) is 0 Å². The van der Waals surface area contributed by atoms with Crippen molar-refractivity contribution in [1.82, 2.24) is 19.2 Å². The molecule has 1 saturated heterocycles. The number of H-pyrrole nitrogens is 1. The fourth-order valence-corrected chi connectivity index (χ4v) is 5.46. The molecule has 4 rings (SSSR count). The molecule has 0 unspecified atom stereocenters. The van der Waals surface area contributed by atoms with Crippen LogP contribution in [0.15, 0.2) is 35.5 Å². The molecule has 0 radical (unpaired) electrons. The number of piperazine rings is 1. The summed E-state index contributed by atoms with van der Waals surface area (Å²) in [5, 5.41) is 0. The maximum absolute atomic E-state index is 13.2. The van der Waals surface area contributed by atoms with Gasteiger partial charge in [0, 0.05) is 32.0 Å². The Balaban J connectivity index is 1.62. The predicted octanol–water partition coefficient (Wildman–Crippen LogP) is 1.97. The summed E-state index contributed by atoms with van der Waals surface area (Å²) in [5.41, 5.74) is 2.49. The normalized spacial score (nSPS) is 22.2. The fourth-order valence-electron chi connectivity index (χ4n) is 3.97. The van der Waals surface area contributed by atoms with Crippen molar-refractivity contribution < 1.29 is 8.42 Å². The minimum absolute atomic E-state index is 0.0297. The molecule has 2 aromatic rings. The largest absolute Gasteiger partial charge is 0.347 e. The fraction of sp³-hybridized carbons (Fsp3) is 0.500. The predicted molar refractivity (Wildman–Crippen MR) is 95.8 cm³/mol. The Morgan fingerprint density at radius 2 is 2.08 bits per heavy atom. The molecule has 2 aliphatic rings. The van der Waals surface area contributed by atoms with Crippen LogP contribution in [0.2, 0.25) is 0 Å². The van der Waals surface area contributed by atoms with E-state index in [1.165, 1.54) is 11.1 Å². The molecule has 25 heavy (non-hydrogen) atoms. The van der Waals surface area contributed by atoms with Gasteiger partial charge < -0.3 is 4.98 Å². The Kier molecular flexibility index (Phi) is 4.39. The molecule has 1 aromatic carbocycles. The monoisotopic (exact) mass is 360 g/mol. The van der Waals surface area contributed by atoms with Crippen molar-refractivity contribution in [3.8, 4) is 0 Å². The second kappa shape index (κ2) is 6.55. The third-order valence-corrected chi connectivity index (χ3v) is 7.26. The van der Waals surface area contributed by atoms with E-state index < -0.39 is 10.0 Å². The van der Waals surface area contributed by atoms with Crippen LogP contribution >= 0.6 is 0 Å². The molecular formula is C18H24N4O2S. The van der Waals surface area contributed by atoms with Crippen molar-refractivity contribution in [1.29, 1.82) is 0 Å². The van der Waals surface area contributed by atoms with Gasteiger partial charge in [0.15, 0.2) is 0 Å². The lowest BCUT2D eigenvalue weighted by atomic mass is 10.1. The highest BCUT2D eigenvalue weighted by Crippen LogP contribution is 2.29. The summed E-state index contributed by atoms with van der Waals surface area (Å²) >= 11 is 0. The summed E-state index contributed by atoms with van der Waals surface area (Å²) in [6, 6.07) is 5.61. The van der Waals surface area contributed by atoms with Crippen LogP contribution in [-0.2, 0) is 22.9 Å². The van der Waals surface area contributed by atoms with E-state index >= 15 is 0 Å². The zero-order chi connectivity index (χ0) is 17.4. The number of sulfonamides is 1. The smallest absolute Gasteiger partial charge is 0.243 e. The summed E-state index contributed by atoms with van der Waals surface area (Å²) in [6.07, 6.45) is 6.67. The Bertz CT molecular complexity index is 848. The topological polar surface area (TPSA) is 69.3 Å². The van der Waals surface area contributed by atoms with Crippen LogP contribution in [0, 0.1) is 0 Å². The van der Waals surface area contributed by atoms with Gasteiger partial charge in [-0.2, -0.15) is 4.31 Å². The summed E-state index contributed by atoms with van der Waals surface area (Å²) in [5.74, 6) is 0.829. The maximum Gasteiger partial charge on any atom is 0.243 e. The van der Waals surface area contributed by atoms with Gasteiger partial charge in [0.1, 0.15) is 5.82 Å². The number of aromatic nitrogens is 2. The van der Waals surface area contributed by atoms with Gasteiger partial charge in [-0.05, 0) is 49.1 Å². The van der Waals surface area contributed by atoms with Gasteiger partial charge in [0.2, 0.25) is 10.0 Å².